The largest absolute Gasteiger partial charge is 0.494 e. The van der Waals surface area contributed by atoms with Gasteiger partial charge in [0.15, 0.2) is 5.75 Å². The zero-order chi connectivity index (χ0) is 12.0. The van der Waals surface area contributed by atoms with Gasteiger partial charge in [0.05, 0.1) is 25.8 Å². The quantitative estimate of drug-likeness (QED) is 0.654. The van der Waals surface area contributed by atoms with Crippen LogP contribution in [0.1, 0.15) is 0 Å². The van der Waals surface area contributed by atoms with Crippen LogP contribution in [-0.2, 0) is 10.0 Å². The van der Waals surface area contributed by atoms with Crippen LogP contribution in [0.15, 0.2) is 12.4 Å². The van der Waals surface area contributed by atoms with E-state index in [1.807, 2.05) is 0 Å². The lowest BCUT2D eigenvalue weighted by atomic mass is 10.6. The fourth-order valence-electron chi connectivity index (χ4n) is 0.924. The molecule has 0 saturated carbocycles. The number of methoxy groups -OCH3 is 1. The molecule has 0 aromatic carbocycles. The summed E-state index contributed by atoms with van der Waals surface area (Å²) in [7, 11) is -1.61. The summed E-state index contributed by atoms with van der Waals surface area (Å²) >= 11 is 0. The van der Waals surface area contributed by atoms with Crippen molar-refractivity contribution in [2.75, 3.05) is 31.8 Å². The summed E-state index contributed by atoms with van der Waals surface area (Å²) in [6.07, 6.45) is 4.16. The maximum Gasteiger partial charge on any atom is 0.222 e. The first-order valence-electron chi connectivity index (χ1n) is 4.56. The Bertz CT molecular complexity index is 417. The molecule has 0 amide bonds. The van der Waals surface area contributed by atoms with Crippen molar-refractivity contribution in [1.29, 1.82) is 0 Å². The van der Waals surface area contributed by atoms with E-state index in [1.165, 1.54) is 19.5 Å². The zero-order valence-electron chi connectivity index (χ0n) is 9.10. The summed E-state index contributed by atoms with van der Waals surface area (Å²) in [6, 6.07) is 0. The summed E-state index contributed by atoms with van der Waals surface area (Å²) in [5, 5.41) is 2.86. The normalized spacial score (nSPS) is 11.1. The molecule has 0 fully saturated rings. The molecule has 7 nitrogen and oxygen atoms in total. The summed E-state index contributed by atoms with van der Waals surface area (Å²) in [4.78, 5) is 7.92. The Morgan fingerprint density at radius 1 is 1.31 bits per heavy atom. The maximum absolute atomic E-state index is 10.7. The molecule has 0 saturated heterocycles. The molecule has 1 aromatic heterocycles. The number of nitrogens with one attached hydrogen (secondary N) is 2. The van der Waals surface area contributed by atoms with Gasteiger partial charge >= 0.3 is 0 Å². The number of ether oxygens (including phenoxy) is 1. The van der Waals surface area contributed by atoms with E-state index in [1.54, 1.807) is 0 Å². The van der Waals surface area contributed by atoms with E-state index in [4.69, 9.17) is 4.74 Å². The second kappa shape index (κ2) is 5.61. The van der Waals surface area contributed by atoms with Gasteiger partial charge < -0.3 is 10.1 Å². The fourth-order valence-corrected chi connectivity index (χ4v) is 1.40. The molecule has 0 spiro atoms. The van der Waals surface area contributed by atoms with Crippen LogP contribution in [0.5, 0.6) is 5.75 Å². The van der Waals surface area contributed by atoms with Crippen molar-refractivity contribution in [2.45, 2.75) is 0 Å². The minimum Gasteiger partial charge on any atom is -0.494 e. The second-order valence-corrected chi connectivity index (χ2v) is 4.87. The highest BCUT2D eigenvalue weighted by molar-refractivity contribution is 7.88. The highest BCUT2D eigenvalue weighted by atomic mass is 32.2. The molecular formula is C8H14N4O3S. The highest BCUT2D eigenvalue weighted by Crippen LogP contribution is 2.06. The lowest BCUT2D eigenvalue weighted by Crippen LogP contribution is -2.27. The maximum atomic E-state index is 10.7. The van der Waals surface area contributed by atoms with Crippen LogP contribution in [-0.4, -0.2) is 44.8 Å². The van der Waals surface area contributed by atoms with Crippen LogP contribution in [0.2, 0.25) is 0 Å². The summed E-state index contributed by atoms with van der Waals surface area (Å²) < 4.78 is 28.7. The molecule has 0 atom stereocenters. The van der Waals surface area contributed by atoms with E-state index in [0.717, 1.165) is 6.26 Å². The van der Waals surface area contributed by atoms with Gasteiger partial charge in [-0.25, -0.2) is 23.1 Å². The molecule has 8 heteroatoms. The van der Waals surface area contributed by atoms with Gasteiger partial charge in [0.1, 0.15) is 0 Å². The first kappa shape index (κ1) is 12.7. The summed E-state index contributed by atoms with van der Waals surface area (Å²) in [5.74, 6) is 0.996. The van der Waals surface area contributed by atoms with E-state index >= 15 is 0 Å². The molecule has 2 N–H and O–H groups in total. The minimum absolute atomic E-state index is 0.286. The van der Waals surface area contributed by atoms with Crippen LogP contribution < -0.4 is 14.8 Å². The molecular weight excluding hydrogens is 232 g/mol. The van der Waals surface area contributed by atoms with E-state index < -0.39 is 10.0 Å². The van der Waals surface area contributed by atoms with E-state index in [9.17, 15) is 8.42 Å². The van der Waals surface area contributed by atoms with Gasteiger partial charge in [-0.15, -0.1) is 0 Å². The first-order valence-corrected chi connectivity index (χ1v) is 6.45. The lowest BCUT2D eigenvalue weighted by Gasteiger charge is -2.05. The number of hydrogen-bond acceptors (Lipinski definition) is 6. The Kier molecular flexibility index (Phi) is 4.44. The smallest absolute Gasteiger partial charge is 0.222 e. The van der Waals surface area contributed by atoms with E-state index in [-0.39, 0.29) is 6.54 Å². The van der Waals surface area contributed by atoms with Crippen LogP contribution in [0.4, 0.5) is 5.95 Å². The zero-order valence-corrected chi connectivity index (χ0v) is 9.91. The number of aromatic nitrogens is 2. The summed E-state index contributed by atoms with van der Waals surface area (Å²) in [5.41, 5.74) is 0. The molecule has 0 aliphatic rings. The van der Waals surface area contributed by atoms with Crippen molar-refractivity contribution in [1.82, 2.24) is 14.7 Å². The van der Waals surface area contributed by atoms with Crippen molar-refractivity contribution in [3.8, 4) is 5.75 Å². The summed E-state index contributed by atoms with van der Waals surface area (Å²) in [6.45, 7) is 0.702. The van der Waals surface area contributed by atoms with Crippen LogP contribution in [0.3, 0.4) is 0 Å². The molecule has 0 radical (unpaired) electrons. The molecule has 1 aromatic rings. The van der Waals surface area contributed by atoms with E-state index in [2.05, 4.69) is 20.0 Å². The number of hydrogen-bond donors (Lipinski definition) is 2. The van der Waals surface area contributed by atoms with Gasteiger partial charge in [0.2, 0.25) is 16.0 Å². The SMILES string of the molecule is COc1cnc(NCCNS(C)(=O)=O)nc1. The monoisotopic (exact) mass is 246 g/mol. The Morgan fingerprint density at radius 3 is 2.44 bits per heavy atom. The Balaban J connectivity index is 2.32. The van der Waals surface area contributed by atoms with Gasteiger partial charge in [-0.3, -0.25) is 0 Å². The molecule has 0 aliphatic heterocycles. The van der Waals surface area contributed by atoms with Gasteiger partial charge in [-0.05, 0) is 0 Å². The number of sulfonamides is 1. The Hall–Kier alpha value is -1.41. The van der Waals surface area contributed by atoms with Crippen molar-refractivity contribution in [3.05, 3.63) is 12.4 Å². The van der Waals surface area contributed by atoms with Gasteiger partial charge in [0.25, 0.3) is 0 Å². The van der Waals surface area contributed by atoms with Crippen molar-refractivity contribution in [2.24, 2.45) is 0 Å². The third kappa shape index (κ3) is 4.89. The van der Waals surface area contributed by atoms with E-state index in [0.29, 0.717) is 18.2 Å². The predicted octanol–water partition coefficient (Wildman–Crippen LogP) is -0.554. The topological polar surface area (TPSA) is 93.2 Å². The third-order valence-corrected chi connectivity index (χ3v) is 2.36. The van der Waals surface area contributed by atoms with Gasteiger partial charge in [-0.2, -0.15) is 0 Å². The van der Waals surface area contributed by atoms with Gasteiger partial charge in [-0.1, -0.05) is 0 Å². The van der Waals surface area contributed by atoms with Crippen molar-refractivity contribution < 1.29 is 13.2 Å². The molecule has 0 unspecified atom stereocenters. The fraction of sp³-hybridized carbons (Fsp3) is 0.500. The molecule has 0 bridgehead atoms. The molecule has 16 heavy (non-hydrogen) atoms. The Morgan fingerprint density at radius 2 is 1.94 bits per heavy atom. The van der Waals surface area contributed by atoms with Crippen LogP contribution in [0.25, 0.3) is 0 Å². The predicted molar refractivity (Wildman–Crippen MR) is 59.9 cm³/mol. The van der Waals surface area contributed by atoms with Crippen LogP contribution in [0, 0.1) is 0 Å². The highest BCUT2D eigenvalue weighted by Gasteiger charge is 2.00. The standard InChI is InChI=1S/C8H14N4O3S/c1-15-7-5-10-8(11-6-7)9-3-4-12-16(2,13)14/h5-6,12H,3-4H2,1-2H3,(H,9,10,11). The number of anilines is 1. The van der Waals surface area contributed by atoms with Crippen molar-refractivity contribution >= 4 is 16.0 Å². The first-order chi connectivity index (χ1) is 7.51. The molecule has 1 rings (SSSR count). The number of nitrogens with zero attached hydrogens (tertiary/aromatic N) is 2. The van der Waals surface area contributed by atoms with Crippen molar-refractivity contribution in [3.63, 3.8) is 0 Å². The third-order valence-electron chi connectivity index (χ3n) is 1.64. The molecule has 1 heterocycles. The average Bonchev–Trinajstić information content (AvgIpc) is 2.24. The number of rotatable bonds is 6. The minimum atomic E-state index is -3.14. The molecule has 90 valence electrons. The Labute approximate surface area is 94.3 Å². The lowest BCUT2D eigenvalue weighted by molar-refractivity contribution is 0.411. The average molecular weight is 246 g/mol. The molecule has 0 aliphatic carbocycles. The second-order valence-electron chi connectivity index (χ2n) is 3.04. The van der Waals surface area contributed by atoms with Gasteiger partial charge in [0, 0.05) is 13.1 Å². The van der Waals surface area contributed by atoms with Crippen LogP contribution >= 0.6 is 0 Å².